The zero-order chi connectivity index (χ0) is 16.0. The lowest BCUT2D eigenvalue weighted by Gasteiger charge is -2.24. The van der Waals surface area contributed by atoms with Gasteiger partial charge >= 0.3 is 0 Å². The molecule has 2 N–H and O–H groups in total. The third-order valence-corrected chi connectivity index (χ3v) is 3.04. The molecular weight excluding hydrogens is 288 g/mol. The van der Waals surface area contributed by atoms with Gasteiger partial charge in [0.1, 0.15) is 5.75 Å². The minimum absolute atomic E-state index is 0.157. The first kappa shape index (κ1) is 17.8. The molecule has 0 spiro atoms. The topological polar surface area (TPSA) is 50.4 Å². The Morgan fingerprint density at radius 3 is 2.57 bits per heavy atom. The Balaban J connectivity index is 2.68. The van der Waals surface area contributed by atoms with Crippen LogP contribution in [-0.4, -0.2) is 24.1 Å². The van der Waals surface area contributed by atoms with Crippen molar-refractivity contribution in [2.75, 3.05) is 6.54 Å². The maximum atomic E-state index is 12.0. The van der Waals surface area contributed by atoms with Crippen molar-refractivity contribution in [3.63, 3.8) is 0 Å². The van der Waals surface area contributed by atoms with Gasteiger partial charge in [-0.05, 0) is 51.9 Å². The minimum atomic E-state index is -0.596. The van der Waals surface area contributed by atoms with Crippen LogP contribution < -0.4 is 15.4 Å². The van der Waals surface area contributed by atoms with E-state index in [1.807, 2.05) is 32.9 Å². The van der Waals surface area contributed by atoms with E-state index < -0.39 is 6.10 Å². The molecule has 0 radical (unpaired) electrons. The zero-order valence-electron chi connectivity index (χ0n) is 13.4. The molecule has 5 heteroatoms. The van der Waals surface area contributed by atoms with Crippen LogP contribution in [0.3, 0.4) is 0 Å². The van der Waals surface area contributed by atoms with Gasteiger partial charge in [-0.2, -0.15) is 0 Å². The summed E-state index contributed by atoms with van der Waals surface area (Å²) in [6.07, 6.45) is -0.596. The Hall–Kier alpha value is -1.26. The predicted molar refractivity (Wildman–Crippen MR) is 86.8 cm³/mol. The fraction of sp³-hybridized carbons (Fsp3) is 0.562. The summed E-state index contributed by atoms with van der Waals surface area (Å²) in [7, 11) is 0. The molecule has 118 valence electrons. The summed E-state index contributed by atoms with van der Waals surface area (Å²) in [5.41, 5.74) is 0.801. The van der Waals surface area contributed by atoms with Crippen molar-refractivity contribution >= 4 is 17.5 Å². The fourth-order valence-corrected chi connectivity index (χ4v) is 1.98. The maximum Gasteiger partial charge on any atom is 0.261 e. The summed E-state index contributed by atoms with van der Waals surface area (Å²) in [5.74, 6) is 0.365. The lowest BCUT2D eigenvalue weighted by molar-refractivity contribution is -0.128. The highest BCUT2D eigenvalue weighted by molar-refractivity contribution is 6.32. The SMILES string of the molecule is CCNCc1ccc(OC(C)C(=O)NC(C)(C)C)c(Cl)c1. The molecule has 1 rings (SSSR count). The molecule has 0 bridgehead atoms. The molecule has 0 fully saturated rings. The van der Waals surface area contributed by atoms with E-state index in [2.05, 4.69) is 17.6 Å². The van der Waals surface area contributed by atoms with E-state index in [9.17, 15) is 4.79 Å². The second-order valence-electron chi connectivity index (χ2n) is 6.04. The van der Waals surface area contributed by atoms with E-state index in [-0.39, 0.29) is 11.4 Å². The van der Waals surface area contributed by atoms with Gasteiger partial charge in [-0.1, -0.05) is 24.6 Å². The average molecular weight is 313 g/mol. The normalized spacial score (nSPS) is 12.9. The third-order valence-electron chi connectivity index (χ3n) is 2.75. The van der Waals surface area contributed by atoms with E-state index in [0.717, 1.165) is 18.7 Å². The van der Waals surface area contributed by atoms with Crippen molar-refractivity contribution in [1.82, 2.24) is 10.6 Å². The van der Waals surface area contributed by atoms with Gasteiger partial charge in [-0.15, -0.1) is 0 Å². The molecule has 0 aliphatic rings. The number of amides is 1. The quantitative estimate of drug-likeness (QED) is 0.848. The minimum Gasteiger partial charge on any atom is -0.479 e. The average Bonchev–Trinajstić information content (AvgIpc) is 2.37. The molecule has 1 aromatic rings. The summed E-state index contributed by atoms with van der Waals surface area (Å²) in [4.78, 5) is 12.0. The zero-order valence-corrected chi connectivity index (χ0v) is 14.2. The number of hydrogen-bond acceptors (Lipinski definition) is 3. The first-order valence-electron chi connectivity index (χ1n) is 7.20. The standard InChI is InChI=1S/C16H25ClN2O2/c1-6-18-10-12-7-8-14(13(17)9-12)21-11(2)15(20)19-16(3,4)5/h7-9,11,18H,6,10H2,1-5H3,(H,19,20). The number of hydrogen-bond donors (Lipinski definition) is 2. The van der Waals surface area contributed by atoms with Crippen molar-refractivity contribution in [2.45, 2.75) is 52.8 Å². The molecular formula is C16H25ClN2O2. The molecule has 1 amide bonds. The Labute approximate surface area is 132 Å². The summed E-state index contributed by atoms with van der Waals surface area (Å²) < 4.78 is 5.65. The number of rotatable bonds is 6. The van der Waals surface area contributed by atoms with Crippen molar-refractivity contribution in [2.24, 2.45) is 0 Å². The number of carbonyl (C=O) groups is 1. The van der Waals surface area contributed by atoms with E-state index >= 15 is 0 Å². The Kier molecular flexibility index (Phi) is 6.49. The van der Waals surface area contributed by atoms with Gasteiger partial charge in [0, 0.05) is 12.1 Å². The van der Waals surface area contributed by atoms with Gasteiger partial charge in [-0.3, -0.25) is 4.79 Å². The molecule has 1 aromatic carbocycles. The van der Waals surface area contributed by atoms with Crippen LogP contribution >= 0.6 is 11.6 Å². The Morgan fingerprint density at radius 2 is 2.05 bits per heavy atom. The fourth-order valence-electron chi connectivity index (χ4n) is 1.73. The molecule has 1 unspecified atom stereocenters. The molecule has 4 nitrogen and oxygen atoms in total. The van der Waals surface area contributed by atoms with Gasteiger partial charge in [0.25, 0.3) is 5.91 Å². The lowest BCUT2D eigenvalue weighted by atomic mass is 10.1. The summed E-state index contributed by atoms with van der Waals surface area (Å²) in [5, 5.41) is 6.63. The van der Waals surface area contributed by atoms with Crippen LogP contribution in [0, 0.1) is 0 Å². The largest absolute Gasteiger partial charge is 0.479 e. The van der Waals surface area contributed by atoms with Crippen LogP contribution in [0.15, 0.2) is 18.2 Å². The first-order valence-corrected chi connectivity index (χ1v) is 7.58. The van der Waals surface area contributed by atoms with Crippen molar-refractivity contribution in [3.8, 4) is 5.75 Å². The van der Waals surface area contributed by atoms with Crippen LogP contribution in [0.1, 0.15) is 40.2 Å². The second kappa shape index (κ2) is 7.66. The van der Waals surface area contributed by atoms with Gasteiger partial charge in [-0.25, -0.2) is 0 Å². The van der Waals surface area contributed by atoms with Crippen LogP contribution in [0.5, 0.6) is 5.75 Å². The van der Waals surface area contributed by atoms with Crippen LogP contribution in [-0.2, 0) is 11.3 Å². The Bertz CT molecular complexity index is 484. The molecule has 1 atom stereocenters. The highest BCUT2D eigenvalue weighted by Gasteiger charge is 2.21. The van der Waals surface area contributed by atoms with Crippen LogP contribution in [0.25, 0.3) is 0 Å². The van der Waals surface area contributed by atoms with Crippen molar-refractivity contribution in [1.29, 1.82) is 0 Å². The highest BCUT2D eigenvalue weighted by atomic mass is 35.5. The van der Waals surface area contributed by atoms with E-state index in [0.29, 0.717) is 10.8 Å². The first-order chi connectivity index (χ1) is 9.73. The number of benzene rings is 1. The number of halogens is 1. The second-order valence-corrected chi connectivity index (χ2v) is 6.45. The third kappa shape index (κ3) is 6.36. The molecule has 0 heterocycles. The summed E-state index contributed by atoms with van der Waals surface area (Å²) in [6, 6.07) is 5.60. The molecule has 0 saturated carbocycles. The maximum absolute atomic E-state index is 12.0. The number of nitrogens with one attached hydrogen (secondary N) is 2. The Morgan fingerprint density at radius 1 is 1.38 bits per heavy atom. The van der Waals surface area contributed by atoms with Crippen molar-refractivity contribution in [3.05, 3.63) is 28.8 Å². The smallest absolute Gasteiger partial charge is 0.261 e. The molecule has 0 aliphatic heterocycles. The van der Waals surface area contributed by atoms with Gasteiger partial charge in [0.15, 0.2) is 6.10 Å². The monoisotopic (exact) mass is 312 g/mol. The van der Waals surface area contributed by atoms with E-state index in [1.54, 1.807) is 13.0 Å². The number of carbonyl (C=O) groups excluding carboxylic acids is 1. The predicted octanol–water partition coefficient (Wildman–Crippen LogP) is 3.13. The van der Waals surface area contributed by atoms with Crippen LogP contribution in [0.2, 0.25) is 5.02 Å². The summed E-state index contributed by atoms with van der Waals surface area (Å²) in [6.45, 7) is 11.2. The summed E-state index contributed by atoms with van der Waals surface area (Å²) >= 11 is 6.21. The molecule has 0 aliphatic carbocycles. The van der Waals surface area contributed by atoms with Gasteiger partial charge in [0.2, 0.25) is 0 Å². The van der Waals surface area contributed by atoms with Crippen LogP contribution in [0.4, 0.5) is 0 Å². The van der Waals surface area contributed by atoms with E-state index in [1.165, 1.54) is 0 Å². The van der Waals surface area contributed by atoms with Gasteiger partial charge < -0.3 is 15.4 Å². The molecule has 0 aromatic heterocycles. The lowest BCUT2D eigenvalue weighted by Crippen LogP contribution is -2.46. The van der Waals surface area contributed by atoms with Crippen molar-refractivity contribution < 1.29 is 9.53 Å². The molecule has 0 saturated heterocycles. The highest BCUT2D eigenvalue weighted by Crippen LogP contribution is 2.26. The number of ether oxygens (including phenoxy) is 1. The molecule has 21 heavy (non-hydrogen) atoms. The van der Waals surface area contributed by atoms with Gasteiger partial charge in [0.05, 0.1) is 5.02 Å². The van der Waals surface area contributed by atoms with E-state index in [4.69, 9.17) is 16.3 Å².